The van der Waals surface area contributed by atoms with Crippen LogP contribution in [0.5, 0.6) is 0 Å². The lowest BCUT2D eigenvalue weighted by molar-refractivity contribution is 0.0595. The van der Waals surface area contributed by atoms with Gasteiger partial charge in [0, 0.05) is 5.92 Å². The summed E-state index contributed by atoms with van der Waals surface area (Å²) in [5, 5.41) is 11.6. The molecule has 0 aliphatic carbocycles. The summed E-state index contributed by atoms with van der Waals surface area (Å²) in [6, 6.07) is 26.9. The van der Waals surface area contributed by atoms with Gasteiger partial charge < -0.3 is 5.11 Å². The van der Waals surface area contributed by atoms with Gasteiger partial charge in [-0.25, -0.2) is 0 Å². The lowest BCUT2D eigenvalue weighted by Crippen LogP contribution is -2.30. The van der Waals surface area contributed by atoms with Gasteiger partial charge in [-0.1, -0.05) is 90.5 Å². The van der Waals surface area contributed by atoms with Gasteiger partial charge in [0.25, 0.3) is 0 Å². The zero-order chi connectivity index (χ0) is 17.7. The van der Waals surface area contributed by atoms with Crippen molar-refractivity contribution in [3.63, 3.8) is 0 Å². The Bertz CT molecular complexity index is 783. The predicted octanol–water partition coefficient (Wildman–Crippen LogP) is 5.37. The summed E-state index contributed by atoms with van der Waals surface area (Å²) in [6.45, 7) is 1.50. The molecule has 0 spiro atoms. The molecule has 0 amide bonds. The molecule has 128 valence electrons. The normalized spacial score (nSPS) is 14.7. The van der Waals surface area contributed by atoms with Crippen molar-refractivity contribution >= 4 is 0 Å². The smallest absolute Gasteiger partial charge is 0.115 e. The Morgan fingerprint density at radius 3 is 1.88 bits per heavy atom. The van der Waals surface area contributed by atoms with Crippen LogP contribution < -0.4 is 0 Å². The molecule has 1 N–H and O–H groups in total. The summed E-state index contributed by atoms with van der Waals surface area (Å²) >= 11 is 0. The largest absolute Gasteiger partial charge is 0.380 e. The van der Waals surface area contributed by atoms with E-state index in [1.165, 1.54) is 0 Å². The molecule has 0 heterocycles. The van der Waals surface area contributed by atoms with Crippen LogP contribution in [0.25, 0.3) is 0 Å². The van der Waals surface area contributed by atoms with Crippen LogP contribution >= 0.6 is 0 Å². The maximum Gasteiger partial charge on any atom is 0.115 e. The Labute approximate surface area is 148 Å². The number of hydrogen-bond acceptors (Lipinski definition) is 1. The molecule has 0 fully saturated rings. The van der Waals surface area contributed by atoms with E-state index in [1.54, 1.807) is 0 Å². The minimum Gasteiger partial charge on any atom is -0.380 e. The van der Waals surface area contributed by atoms with Gasteiger partial charge in [0.2, 0.25) is 0 Å². The second-order valence-electron chi connectivity index (χ2n) is 6.56. The predicted molar refractivity (Wildman–Crippen MR) is 100 cm³/mol. The van der Waals surface area contributed by atoms with Gasteiger partial charge in [0.15, 0.2) is 0 Å². The van der Waals surface area contributed by atoms with Crippen molar-refractivity contribution in [2.24, 2.45) is 0 Å². The van der Waals surface area contributed by atoms with Gasteiger partial charge in [0.05, 0.1) is 6.67 Å². The molecule has 0 aromatic heterocycles. The second-order valence-corrected chi connectivity index (χ2v) is 6.56. The first-order valence-electron chi connectivity index (χ1n) is 8.59. The number of alkyl halides is 1. The fraction of sp³-hybridized carbons (Fsp3) is 0.217. The minimum atomic E-state index is -1.23. The highest BCUT2D eigenvalue weighted by molar-refractivity contribution is 5.38. The molecule has 3 rings (SSSR count). The highest BCUT2D eigenvalue weighted by Crippen LogP contribution is 2.39. The fourth-order valence-electron chi connectivity index (χ4n) is 3.29. The van der Waals surface area contributed by atoms with Gasteiger partial charge >= 0.3 is 0 Å². The van der Waals surface area contributed by atoms with E-state index in [4.69, 9.17) is 0 Å². The van der Waals surface area contributed by atoms with E-state index < -0.39 is 12.3 Å². The molecule has 25 heavy (non-hydrogen) atoms. The monoisotopic (exact) mass is 334 g/mol. The van der Waals surface area contributed by atoms with Gasteiger partial charge in [-0.2, -0.15) is 0 Å². The molecule has 1 nitrogen and oxygen atoms in total. The molecule has 3 aromatic rings. The summed E-state index contributed by atoms with van der Waals surface area (Å²) in [7, 11) is 0. The van der Waals surface area contributed by atoms with Crippen molar-refractivity contribution in [2.45, 2.75) is 24.9 Å². The lowest BCUT2D eigenvalue weighted by atomic mass is 9.77. The molecule has 3 aromatic carbocycles. The van der Waals surface area contributed by atoms with E-state index in [9.17, 15) is 9.50 Å². The van der Waals surface area contributed by atoms with Crippen molar-refractivity contribution in [1.82, 2.24) is 0 Å². The van der Waals surface area contributed by atoms with Gasteiger partial charge in [-0.05, 0) is 30.0 Å². The van der Waals surface area contributed by atoms with Crippen LogP contribution in [0, 0.1) is 6.92 Å². The Kier molecular flexibility index (Phi) is 5.30. The van der Waals surface area contributed by atoms with Crippen molar-refractivity contribution < 1.29 is 9.50 Å². The third-order valence-corrected chi connectivity index (χ3v) is 4.78. The summed E-state index contributed by atoms with van der Waals surface area (Å²) in [6.07, 6.45) is 0.292. The summed E-state index contributed by atoms with van der Waals surface area (Å²) in [5.41, 5.74) is 2.38. The molecule has 0 radical (unpaired) electrons. The van der Waals surface area contributed by atoms with Crippen molar-refractivity contribution in [1.29, 1.82) is 0 Å². The summed E-state index contributed by atoms with van der Waals surface area (Å²) in [5.74, 6) is -0.368. The van der Waals surface area contributed by atoms with Crippen LogP contribution in [-0.4, -0.2) is 11.8 Å². The van der Waals surface area contributed by atoms with Crippen LogP contribution in [0.1, 0.15) is 34.6 Å². The molecule has 0 bridgehead atoms. The molecule has 2 heteroatoms. The van der Waals surface area contributed by atoms with Crippen molar-refractivity contribution in [2.75, 3.05) is 6.67 Å². The first kappa shape index (κ1) is 17.4. The van der Waals surface area contributed by atoms with E-state index >= 15 is 0 Å². The molecule has 2 atom stereocenters. The van der Waals surface area contributed by atoms with E-state index in [0.717, 1.165) is 22.3 Å². The molecular weight excluding hydrogens is 311 g/mol. The maximum absolute atomic E-state index is 13.9. The molecule has 0 aliphatic rings. The van der Waals surface area contributed by atoms with E-state index in [2.05, 4.69) is 0 Å². The zero-order valence-electron chi connectivity index (χ0n) is 14.4. The zero-order valence-corrected chi connectivity index (χ0v) is 14.4. The first-order chi connectivity index (χ1) is 12.1. The van der Waals surface area contributed by atoms with E-state index in [-0.39, 0.29) is 5.92 Å². The molecule has 0 saturated carbocycles. The van der Waals surface area contributed by atoms with E-state index in [0.29, 0.717) is 6.42 Å². The number of hydrogen-bond donors (Lipinski definition) is 1. The second kappa shape index (κ2) is 7.62. The number of benzene rings is 3. The van der Waals surface area contributed by atoms with Gasteiger partial charge in [-0.15, -0.1) is 0 Å². The minimum absolute atomic E-state index is 0.292. The summed E-state index contributed by atoms with van der Waals surface area (Å²) < 4.78 is 13.9. The fourth-order valence-corrected chi connectivity index (χ4v) is 3.29. The van der Waals surface area contributed by atoms with Crippen LogP contribution in [0.3, 0.4) is 0 Å². The van der Waals surface area contributed by atoms with Gasteiger partial charge in [-0.3, -0.25) is 4.39 Å². The Morgan fingerprint density at radius 2 is 1.32 bits per heavy atom. The quantitative estimate of drug-likeness (QED) is 0.642. The topological polar surface area (TPSA) is 20.2 Å². The Balaban J connectivity index is 2.03. The number of aryl methyl sites for hydroxylation is 1. The number of aliphatic hydroxyl groups is 1. The average Bonchev–Trinajstić information content (AvgIpc) is 2.68. The lowest BCUT2D eigenvalue weighted by Gasteiger charge is -2.33. The van der Waals surface area contributed by atoms with Crippen molar-refractivity contribution in [3.05, 3.63) is 107 Å². The average molecular weight is 334 g/mol. The standard InChI is InChI=1S/C23H23FO/c1-18-12-14-22(15-13-18)23(25,21-10-6-3-7-11-21)16-20(17-24)19-8-4-2-5-9-19/h2-15,20,25H,16-17H2,1H3. The molecular formula is C23H23FO. The SMILES string of the molecule is Cc1ccc(C(O)(CC(CF)c2ccccc2)c2ccccc2)cc1. The number of halogens is 1. The van der Waals surface area contributed by atoms with E-state index in [1.807, 2.05) is 91.9 Å². The van der Waals surface area contributed by atoms with Crippen LogP contribution in [-0.2, 0) is 5.60 Å². The maximum atomic E-state index is 13.9. The van der Waals surface area contributed by atoms with Gasteiger partial charge in [0.1, 0.15) is 5.60 Å². The highest BCUT2D eigenvalue weighted by Gasteiger charge is 2.35. The molecule has 2 unspecified atom stereocenters. The Morgan fingerprint density at radius 1 is 0.800 bits per heavy atom. The van der Waals surface area contributed by atoms with Crippen LogP contribution in [0.4, 0.5) is 4.39 Å². The van der Waals surface area contributed by atoms with Crippen LogP contribution in [0.2, 0.25) is 0 Å². The number of rotatable bonds is 6. The first-order valence-corrected chi connectivity index (χ1v) is 8.59. The third-order valence-electron chi connectivity index (χ3n) is 4.78. The Hall–Kier alpha value is -2.45. The third kappa shape index (κ3) is 3.80. The van der Waals surface area contributed by atoms with Crippen LogP contribution in [0.15, 0.2) is 84.9 Å². The summed E-state index contributed by atoms with van der Waals surface area (Å²) in [4.78, 5) is 0. The molecule has 0 saturated heterocycles. The van der Waals surface area contributed by atoms with Crippen molar-refractivity contribution in [3.8, 4) is 0 Å². The highest BCUT2D eigenvalue weighted by atomic mass is 19.1. The molecule has 0 aliphatic heterocycles.